The van der Waals surface area contributed by atoms with Gasteiger partial charge in [-0.15, -0.1) is 0 Å². The van der Waals surface area contributed by atoms with Crippen LogP contribution in [0.1, 0.15) is 11.3 Å². The van der Waals surface area contributed by atoms with E-state index in [1.807, 2.05) is 0 Å². The van der Waals surface area contributed by atoms with Crippen molar-refractivity contribution in [2.45, 2.75) is 6.42 Å². The molecule has 0 aliphatic carbocycles. The van der Waals surface area contributed by atoms with Gasteiger partial charge in [0.15, 0.2) is 12.3 Å². The Kier molecular flexibility index (Phi) is 6.87. The number of hydrogen-bond acceptors (Lipinski definition) is 9. The summed E-state index contributed by atoms with van der Waals surface area (Å²) in [6.45, 7) is -0.482. The predicted octanol–water partition coefficient (Wildman–Crippen LogP) is 3.32. The lowest BCUT2D eigenvalue weighted by atomic mass is 10.1. The van der Waals surface area contributed by atoms with Crippen molar-refractivity contribution in [3.63, 3.8) is 0 Å². The number of aromatic nitrogens is 2. The molecule has 0 radical (unpaired) electrons. The lowest BCUT2D eigenvalue weighted by molar-refractivity contribution is -0.384. The number of nitrogens with one attached hydrogen (secondary N) is 1. The van der Waals surface area contributed by atoms with Gasteiger partial charge in [0.2, 0.25) is 5.82 Å². The van der Waals surface area contributed by atoms with Crippen LogP contribution in [-0.2, 0) is 11.2 Å². The first-order valence-corrected chi connectivity index (χ1v) is 9.31. The molecule has 0 saturated carbocycles. The van der Waals surface area contributed by atoms with Crippen LogP contribution in [0.25, 0.3) is 0 Å². The minimum atomic E-state index is -0.662. The van der Waals surface area contributed by atoms with Gasteiger partial charge in [-0.05, 0) is 50.0 Å². The Labute approximate surface area is 181 Å². The van der Waals surface area contributed by atoms with Crippen molar-refractivity contribution in [2.24, 2.45) is 5.16 Å². The van der Waals surface area contributed by atoms with E-state index in [0.717, 1.165) is 0 Å². The number of rotatable bonds is 8. The maximum Gasteiger partial charge on any atom is 0.273 e. The molecule has 11 nitrogen and oxygen atoms in total. The van der Waals surface area contributed by atoms with Gasteiger partial charge in [-0.3, -0.25) is 14.9 Å². The summed E-state index contributed by atoms with van der Waals surface area (Å²) in [7, 11) is 0. The number of hydrogen-bond donors (Lipinski definition) is 2. The molecule has 0 saturated heterocycles. The van der Waals surface area contributed by atoms with Crippen LogP contribution in [-0.4, -0.2) is 38.7 Å². The van der Waals surface area contributed by atoms with E-state index in [4.69, 9.17) is 4.74 Å². The van der Waals surface area contributed by atoms with Gasteiger partial charge in [0.05, 0.1) is 15.5 Å². The van der Waals surface area contributed by atoms with Gasteiger partial charge in [-0.25, -0.2) is 9.02 Å². The van der Waals surface area contributed by atoms with Crippen LogP contribution in [0, 0.1) is 15.9 Å². The fourth-order valence-corrected chi connectivity index (χ4v) is 2.90. The van der Waals surface area contributed by atoms with Crippen molar-refractivity contribution < 1.29 is 28.7 Å². The molecule has 0 aliphatic heterocycles. The highest BCUT2D eigenvalue weighted by atomic mass is 79.9. The molecule has 0 bridgehead atoms. The molecule has 3 aromatic rings. The smallest absolute Gasteiger partial charge is 0.273 e. The predicted molar refractivity (Wildman–Crippen MR) is 108 cm³/mol. The Morgan fingerprint density at radius 1 is 1.32 bits per heavy atom. The van der Waals surface area contributed by atoms with Gasteiger partial charge >= 0.3 is 0 Å². The Morgan fingerprint density at radius 3 is 2.84 bits per heavy atom. The van der Waals surface area contributed by atoms with Crippen LogP contribution in [0.15, 0.2) is 56.7 Å². The Hall–Kier alpha value is -3.87. The summed E-state index contributed by atoms with van der Waals surface area (Å²) < 4.78 is 23.5. The van der Waals surface area contributed by atoms with E-state index in [-0.39, 0.29) is 39.6 Å². The maximum atomic E-state index is 13.4. The SMILES string of the molecule is O=C(COc1cccc([N+](=O)[O-])c1)Nc1nonc1C(Cc1ccc(F)c(Br)c1)=NO. The number of carbonyl (C=O) groups is 1. The van der Waals surface area contributed by atoms with E-state index in [0.29, 0.717) is 5.56 Å². The van der Waals surface area contributed by atoms with E-state index < -0.39 is 23.3 Å². The van der Waals surface area contributed by atoms with Gasteiger partial charge in [-0.1, -0.05) is 17.3 Å². The number of benzene rings is 2. The molecule has 0 unspecified atom stereocenters. The normalized spacial score (nSPS) is 11.2. The zero-order valence-corrected chi connectivity index (χ0v) is 17.1. The number of amides is 1. The molecule has 1 heterocycles. The fourth-order valence-electron chi connectivity index (χ4n) is 2.47. The third-order valence-corrected chi connectivity index (χ3v) is 4.50. The monoisotopic (exact) mass is 493 g/mol. The molecular formula is C18H13BrFN5O6. The molecule has 0 atom stereocenters. The fraction of sp³-hybridized carbons (Fsp3) is 0.111. The third-order valence-electron chi connectivity index (χ3n) is 3.89. The molecule has 2 N–H and O–H groups in total. The van der Waals surface area contributed by atoms with Gasteiger partial charge in [0.25, 0.3) is 11.6 Å². The standard InChI is InChI=1S/C18H13BrFN5O6/c19-13-6-10(4-5-14(13)20)7-15(22-27)17-18(24-31-23-17)21-16(26)9-30-12-3-1-2-11(8-12)25(28)29/h1-6,8,27H,7,9H2,(H,21,24,26). The zero-order valence-electron chi connectivity index (χ0n) is 15.5. The number of halogens is 2. The minimum Gasteiger partial charge on any atom is -0.484 e. The number of nitrogens with zero attached hydrogens (tertiary/aromatic N) is 4. The molecule has 1 amide bonds. The van der Waals surface area contributed by atoms with Gasteiger partial charge < -0.3 is 15.3 Å². The van der Waals surface area contributed by atoms with Crippen LogP contribution >= 0.6 is 15.9 Å². The van der Waals surface area contributed by atoms with E-state index >= 15 is 0 Å². The average Bonchev–Trinajstić information content (AvgIpc) is 3.21. The zero-order chi connectivity index (χ0) is 22.4. The first-order chi connectivity index (χ1) is 14.9. The summed E-state index contributed by atoms with van der Waals surface area (Å²) in [5.74, 6) is -1.11. The van der Waals surface area contributed by atoms with Crippen LogP contribution in [0.4, 0.5) is 15.9 Å². The molecule has 160 valence electrons. The van der Waals surface area contributed by atoms with Crippen molar-refractivity contribution in [1.29, 1.82) is 0 Å². The number of oxime groups is 1. The number of nitro groups is 1. The minimum absolute atomic E-state index is 0.00895. The van der Waals surface area contributed by atoms with Crippen molar-refractivity contribution in [2.75, 3.05) is 11.9 Å². The van der Waals surface area contributed by atoms with E-state index in [1.54, 1.807) is 0 Å². The summed E-state index contributed by atoms with van der Waals surface area (Å²) in [4.78, 5) is 22.4. The first-order valence-electron chi connectivity index (χ1n) is 8.52. The Bertz CT molecular complexity index is 1150. The van der Waals surface area contributed by atoms with Gasteiger partial charge in [0, 0.05) is 12.5 Å². The van der Waals surface area contributed by atoms with Crippen molar-refractivity contribution in [3.8, 4) is 5.75 Å². The van der Waals surface area contributed by atoms with E-state index in [1.165, 1.54) is 42.5 Å². The lowest BCUT2D eigenvalue weighted by Gasteiger charge is -2.07. The summed E-state index contributed by atoms with van der Waals surface area (Å²) in [5, 5.41) is 32.9. The quantitative estimate of drug-likeness (QED) is 0.209. The molecular weight excluding hydrogens is 481 g/mol. The highest BCUT2D eigenvalue weighted by molar-refractivity contribution is 9.10. The van der Waals surface area contributed by atoms with Gasteiger partial charge in [-0.2, -0.15) is 0 Å². The third kappa shape index (κ3) is 5.60. The molecule has 31 heavy (non-hydrogen) atoms. The van der Waals surface area contributed by atoms with Crippen LogP contribution < -0.4 is 10.1 Å². The van der Waals surface area contributed by atoms with E-state index in [2.05, 4.69) is 41.3 Å². The molecule has 2 aromatic carbocycles. The number of nitro benzene ring substituents is 1. The number of ether oxygens (including phenoxy) is 1. The number of non-ortho nitro benzene ring substituents is 1. The summed E-state index contributed by atoms with van der Waals surface area (Å²) >= 11 is 3.07. The number of anilines is 1. The highest BCUT2D eigenvalue weighted by Gasteiger charge is 2.20. The summed E-state index contributed by atoms with van der Waals surface area (Å²) in [5.41, 5.74) is 0.383. The van der Waals surface area contributed by atoms with Crippen LogP contribution in [0.5, 0.6) is 5.75 Å². The topological polar surface area (TPSA) is 153 Å². The van der Waals surface area contributed by atoms with E-state index in [9.17, 15) is 24.5 Å². The Balaban J connectivity index is 1.66. The van der Waals surface area contributed by atoms with Crippen LogP contribution in [0.3, 0.4) is 0 Å². The molecule has 0 fully saturated rings. The summed E-state index contributed by atoms with van der Waals surface area (Å²) in [6, 6.07) is 9.57. The largest absolute Gasteiger partial charge is 0.484 e. The van der Waals surface area contributed by atoms with Crippen molar-refractivity contribution in [3.05, 3.63) is 74.1 Å². The van der Waals surface area contributed by atoms with Crippen molar-refractivity contribution >= 4 is 39.1 Å². The molecule has 0 spiro atoms. The molecule has 3 rings (SSSR count). The molecule has 13 heteroatoms. The molecule has 1 aromatic heterocycles. The second-order valence-corrected chi connectivity index (χ2v) is 6.88. The van der Waals surface area contributed by atoms with Crippen LogP contribution in [0.2, 0.25) is 0 Å². The number of carbonyl (C=O) groups excluding carboxylic acids is 1. The van der Waals surface area contributed by atoms with Gasteiger partial charge in [0.1, 0.15) is 17.3 Å². The second kappa shape index (κ2) is 9.75. The lowest BCUT2D eigenvalue weighted by Crippen LogP contribution is -2.22. The maximum absolute atomic E-state index is 13.4. The van der Waals surface area contributed by atoms with Crippen molar-refractivity contribution in [1.82, 2.24) is 10.3 Å². The molecule has 0 aliphatic rings. The average molecular weight is 494 g/mol. The first kappa shape index (κ1) is 21.8. The second-order valence-electron chi connectivity index (χ2n) is 6.02. The highest BCUT2D eigenvalue weighted by Crippen LogP contribution is 2.21. The Morgan fingerprint density at radius 2 is 2.13 bits per heavy atom. The summed E-state index contributed by atoms with van der Waals surface area (Å²) in [6.07, 6.45) is 0.0383.